The van der Waals surface area contributed by atoms with E-state index in [1.807, 2.05) is 48.3 Å². The Kier molecular flexibility index (Phi) is 3.76. The van der Waals surface area contributed by atoms with Crippen molar-refractivity contribution in [2.24, 2.45) is 7.05 Å². The first-order valence-corrected chi connectivity index (χ1v) is 7.74. The molecule has 4 aromatic rings. The van der Waals surface area contributed by atoms with Gasteiger partial charge < -0.3 is 9.88 Å². The number of para-hydroxylation sites is 1. The van der Waals surface area contributed by atoms with Gasteiger partial charge >= 0.3 is 0 Å². The maximum atomic E-state index is 4.39. The van der Waals surface area contributed by atoms with Crippen molar-refractivity contribution >= 4 is 11.0 Å². The molecule has 0 radical (unpaired) electrons. The molecule has 0 fully saturated rings. The van der Waals surface area contributed by atoms with Gasteiger partial charge in [-0.3, -0.25) is 0 Å². The van der Waals surface area contributed by atoms with Crippen molar-refractivity contribution in [1.29, 1.82) is 0 Å². The van der Waals surface area contributed by atoms with Crippen LogP contribution in [0.25, 0.3) is 16.7 Å². The highest BCUT2D eigenvalue weighted by Crippen LogP contribution is 2.14. The summed E-state index contributed by atoms with van der Waals surface area (Å²) in [7, 11) is 2.00. The van der Waals surface area contributed by atoms with E-state index < -0.39 is 0 Å². The molecule has 1 N–H and O–H groups in total. The van der Waals surface area contributed by atoms with Crippen molar-refractivity contribution < 1.29 is 0 Å². The standard InChI is InChI=1S/C17H17N7/c1-23-12-19-15-9-13(7-8-16(15)23)10-18-11-17-20-21-22-24(17)14-5-3-2-4-6-14/h2-9,12,18H,10-11H2,1H3. The fraction of sp³-hybridized carbons (Fsp3) is 0.176. The van der Waals surface area contributed by atoms with Crippen molar-refractivity contribution in [2.45, 2.75) is 13.1 Å². The zero-order valence-corrected chi connectivity index (χ0v) is 13.3. The number of hydrogen-bond donors (Lipinski definition) is 1. The van der Waals surface area contributed by atoms with E-state index in [9.17, 15) is 0 Å². The summed E-state index contributed by atoms with van der Waals surface area (Å²) in [6, 6.07) is 16.2. The second kappa shape index (κ2) is 6.21. The van der Waals surface area contributed by atoms with E-state index in [4.69, 9.17) is 0 Å². The van der Waals surface area contributed by atoms with Gasteiger partial charge in [-0.25, -0.2) is 4.98 Å². The third-order valence-electron chi connectivity index (χ3n) is 3.94. The minimum Gasteiger partial charge on any atom is -0.334 e. The molecule has 7 heteroatoms. The van der Waals surface area contributed by atoms with Gasteiger partial charge in [-0.15, -0.1) is 5.10 Å². The topological polar surface area (TPSA) is 73.5 Å². The predicted octanol–water partition coefficient (Wildman–Crippen LogP) is 1.84. The van der Waals surface area contributed by atoms with Gasteiger partial charge in [0.15, 0.2) is 5.82 Å². The molecule has 0 saturated carbocycles. The van der Waals surface area contributed by atoms with Crippen LogP contribution in [0.15, 0.2) is 54.9 Å². The smallest absolute Gasteiger partial charge is 0.170 e. The molecule has 0 amide bonds. The molecule has 0 spiro atoms. The molecule has 0 bridgehead atoms. The molecule has 24 heavy (non-hydrogen) atoms. The Hall–Kier alpha value is -3.06. The molecule has 0 aliphatic carbocycles. The summed E-state index contributed by atoms with van der Waals surface area (Å²) in [6.45, 7) is 1.32. The number of aromatic nitrogens is 6. The highest BCUT2D eigenvalue weighted by Gasteiger charge is 2.07. The van der Waals surface area contributed by atoms with Gasteiger partial charge in [0.2, 0.25) is 0 Å². The Morgan fingerprint density at radius 3 is 2.79 bits per heavy atom. The summed E-state index contributed by atoms with van der Waals surface area (Å²) >= 11 is 0. The minimum absolute atomic E-state index is 0.585. The monoisotopic (exact) mass is 319 g/mol. The summed E-state index contributed by atoms with van der Waals surface area (Å²) in [6.07, 6.45) is 1.83. The largest absolute Gasteiger partial charge is 0.334 e. The van der Waals surface area contributed by atoms with Crippen LogP contribution in [0.3, 0.4) is 0 Å². The summed E-state index contributed by atoms with van der Waals surface area (Å²) in [5.41, 5.74) is 4.27. The maximum absolute atomic E-state index is 4.39. The fourth-order valence-electron chi connectivity index (χ4n) is 2.70. The number of tetrazole rings is 1. The molecule has 120 valence electrons. The Balaban J connectivity index is 1.45. The number of rotatable bonds is 5. The van der Waals surface area contributed by atoms with Gasteiger partial charge in [-0.1, -0.05) is 24.3 Å². The highest BCUT2D eigenvalue weighted by molar-refractivity contribution is 5.75. The van der Waals surface area contributed by atoms with Crippen LogP contribution in [0, 0.1) is 0 Å². The SMILES string of the molecule is Cn1cnc2cc(CNCc3nnnn3-c3ccccc3)ccc21. The number of benzene rings is 2. The molecular weight excluding hydrogens is 302 g/mol. The van der Waals surface area contributed by atoms with Gasteiger partial charge in [-0.2, -0.15) is 4.68 Å². The molecule has 0 atom stereocenters. The molecule has 2 aromatic carbocycles. The molecule has 0 saturated heterocycles. The molecular formula is C17H17N7. The Morgan fingerprint density at radius 1 is 1.04 bits per heavy atom. The second-order valence-corrected chi connectivity index (χ2v) is 5.62. The summed E-state index contributed by atoms with van der Waals surface area (Å²) in [5, 5.41) is 15.3. The third-order valence-corrected chi connectivity index (χ3v) is 3.94. The van der Waals surface area contributed by atoms with Crippen LogP contribution in [-0.2, 0) is 20.1 Å². The maximum Gasteiger partial charge on any atom is 0.170 e. The van der Waals surface area contributed by atoms with Crippen LogP contribution in [0.1, 0.15) is 11.4 Å². The summed E-state index contributed by atoms with van der Waals surface area (Å²) in [5.74, 6) is 0.778. The van der Waals surface area contributed by atoms with Crippen molar-refractivity contribution in [3.8, 4) is 5.69 Å². The molecule has 2 heterocycles. The van der Waals surface area contributed by atoms with Crippen LogP contribution in [0.2, 0.25) is 0 Å². The molecule has 0 aliphatic heterocycles. The Labute approximate surface area is 138 Å². The molecule has 4 rings (SSSR count). The van der Waals surface area contributed by atoms with Crippen molar-refractivity contribution in [1.82, 2.24) is 35.1 Å². The van der Waals surface area contributed by atoms with E-state index >= 15 is 0 Å². The fourth-order valence-corrected chi connectivity index (χ4v) is 2.70. The lowest BCUT2D eigenvalue weighted by atomic mass is 10.2. The number of nitrogens with zero attached hydrogens (tertiary/aromatic N) is 6. The predicted molar refractivity (Wildman–Crippen MR) is 90.4 cm³/mol. The van der Waals surface area contributed by atoms with Crippen LogP contribution >= 0.6 is 0 Å². The quantitative estimate of drug-likeness (QED) is 0.607. The zero-order chi connectivity index (χ0) is 16.4. The van der Waals surface area contributed by atoms with E-state index in [1.54, 1.807) is 4.68 Å². The Bertz CT molecular complexity index is 955. The van der Waals surface area contributed by atoms with Gasteiger partial charge in [0.1, 0.15) is 0 Å². The van der Waals surface area contributed by atoms with Gasteiger partial charge in [0, 0.05) is 13.6 Å². The van der Waals surface area contributed by atoms with E-state index in [0.717, 1.165) is 29.1 Å². The van der Waals surface area contributed by atoms with Crippen molar-refractivity contribution in [3.05, 3.63) is 66.2 Å². The number of nitrogens with one attached hydrogen (secondary N) is 1. The van der Waals surface area contributed by atoms with Gasteiger partial charge in [0.25, 0.3) is 0 Å². The van der Waals surface area contributed by atoms with Gasteiger partial charge in [-0.05, 0) is 40.3 Å². The van der Waals surface area contributed by atoms with E-state index in [2.05, 4.69) is 44.0 Å². The van der Waals surface area contributed by atoms with E-state index in [0.29, 0.717) is 6.54 Å². The summed E-state index contributed by atoms with van der Waals surface area (Å²) < 4.78 is 3.76. The van der Waals surface area contributed by atoms with Crippen LogP contribution < -0.4 is 5.32 Å². The lowest BCUT2D eigenvalue weighted by Gasteiger charge is -2.06. The van der Waals surface area contributed by atoms with Crippen LogP contribution in [0.5, 0.6) is 0 Å². The lowest BCUT2D eigenvalue weighted by molar-refractivity contribution is 0.642. The number of aryl methyl sites for hydroxylation is 1. The lowest BCUT2D eigenvalue weighted by Crippen LogP contribution is -2.16. The summed E-state index contributed by atoms with van der Waals surface area (Å²) in [4.78, 5) is 4.39. The number of hydrogen-bond acceptors (Lipinski definition) is 5. The second-order valence-electron chi connectivity index (χ2n) is 5.62. The number of imidazole rings is 1. The van der Waals surface area contributed by atoms with Crippen molar-refractivity contribution in [2.75, 3.05) is 0 Å². The first-order chi connectivity index (χ1) is 11.8. The van der Waals surface area contributed by atoms with Crippen LogP contribution in [-0.4, -0.2) is 29.8 Å². The first-order valence-electron chi connectivity index (χ1n) is 7.74. The van der Waals surface area contributed by atoms with E-state index in [-0.39, 0.29) is 0 Å². The average molecular weight is 319 g/mol. The third kappa shape index (κ3) is 2.77. The molecule has 7 nitrogen and oxygen atoms in total. The molecule has 0 unspecified atom stereocenters. The van der Waals surface area contributed by atoms with Crippen LogP contribution in [0.4, 0.5) is 0 Å². The van der Waals surface area contributed by atoms with Gasteiger partial charge in [0.05, 0.1) is 29.6 Å². The molecule has 2 aromatic heterocycles. The molecule has 0 aliphatic rings. The normalized spacial score (nSPS) is 11.2. The van der Waals surface area contributed by atoms with Crippen molar-refractivity contribution in [3.63, 3.8) is 0 Å². The highest BCUT2D eigenvalue weighted by atomic mass is 15.5. The Morgan fingerprint density at radius 2 is 1.92 bits per heavy atom. The average Bonchev–Trinajstić information content (AvgIpc) is 3.23. The van der Waals surface area contributed by atoms with E-state index in [1.165, 1.54) is 5.56 Å². The first kappa shape index (κ1) is 14.5. The zero-order valence-electron chi connectivity index (χ0n) is 13.3. The number of fused-ring (bicyclic) bond motifs is 1. The minimum atomic E-state index is 0.585.